The number of hydrogen-bond donors (Lipinski definition) is 1. The molecule has 0 unspecified atom stereocenters. The van der Waals surface area contributed by atoms with Gasteiger partial charge in [-0.2, -0.15) is 4.98 Å². The molecule has 32 heavy (non-hydrogen) atoms. The first-order chi connectivity index (χ1) is 15.7. The summed E-state index contributed by atoms with van der Waals surface area (Å²) in [4.78, 5) is 21.9. The fourth-order valence-electron chi connectivity index (χ4n) is 4.44. The van der Waals surface area contributed by atoms with Crippen LogP contribution in [0, 0.1) is 5.92 Å². The van der Waals surface area contributed by atoms with E-state index in [0.29, 0.717) is 6.01 Å². The minimum absolute atomic E-state index is 0.0108. The third-order valence-electron chi connectivity index (χ3n) is 6.46. The maximum atomic E-state index is 12.8. The predicted octanol–water partition coefficient (Wildman–Crippen LogP) is 3.56. The highest BCUT2D eigenvalue weighted by atomic mass is 16.5. The van der Waals surface area contributed by atoms with Crippen LogP contribution in [-0.4, -0.2) is 61.7 Å². The molecular weight excluding hydrogens is 404 g/mol. The molecule has 1 amide bonds. The molecule has 168 valence electrons. The fraction of sp³-hybridized carbons (Fsp3) is 0.440. The highest BCUT2D eigenvalue weighted by molar-refractivity contribution is 5.92. The summed E-state index contributed by atoms with van der Waals surface area (Å²) < 4.78 is 11.3. The third kappa shape index (κ3) is 4.95. The summed E-state index contributed by atoms with van der Waals surface area (Å²) in [6, 6.07) is 16.7. The number of ether oxygens (including phenoxy) is 1. The van der Waals surface area contributed by atoms with Crippen molar-refractivity contribution < 1.29 is 13.9 Å². The second-order valence-corrected chi connectivity index (χ2v) is 8.62. The van der Waals surface area contributed by atoms with Crippen molar-refractivity contribution in [1.29, 1.82) is 0 Å². The first-order valence-electron chi connectivity index (χ1n) is 11.5. The number of morpholine rings is 1. The number of hydrogen-bond acceptors (Lipinski definition) is 6. The van der Waals surface area contributed by atoms with Gasteiger partial charge in [-0.25, -0.2) is 0 Å². The standard InChI is InChI=1S/C25H30N4O3/c30-24(26-21-7-5-19(6-8-21)9-12-28-15-17-31-18-16-28)20-10-13-29(14-11-20)25-27-22-3-1-2-4-23(22)32-25/h1-8,20H,9-18H2,(H,26,30). The van der Waals surface area contributed by atoms with Gasteiger partial charge in [0.25, 0.3) is 6.01 Å². The van der Waals surface area contributed by atoms with Gasteiger partial charge in [0.2, 0.25) is 5.91 Å². The van der Waals surface area contributed by atoms with E-state index in [-0.39, 0.29) is 11.8 Å². The number of nitrogens with zero attached hydrogens (tertiary/aromatic N) is 3. The summed E-state index contributed by atoms with van der Waals surface area (Å²) in [5.74, 6) is 0.111. The summed E-state index contributed by atoms with van der Waals surface area (Å²) in [5, 5.41) is 3.10. The van der Waals surface area contributed by atoms with E-state index in [9.17, 15) is 4.79 Å². The number of benzene rings is 2. The van der Waals surface area contributed by atoms with E-state index in [1.165, 1.54) is 5.56 Å². The zero-order valence-corrected chi connectivity index (χ0v) is 18.3. The molecule has 7 nitrogen and oxygen atoms in total. The monoisotopic (exact) mass is 434 g/mol. The molecule has 0 bridgehead atoms. The Kier molecular flexibility index (Phi) is 6.36. The number of rotatable bonds is 6. The van der Waals surface area contributed by atoms with Crippen LogP contribution in [0.4, 0.5) is 11.7 Å². The van der Waals surface area contributed by atoms with E-state index < -0.39 is 0 Å². The van der Waals surface area contributed by atoms with Crippen LogP contribution in [0.5, 0.6) is 0 Å². The SMILES string of the molecule is O=C(Nc1ccc(CCN2CCOCC2)cc1)C1CCN(c2nc3ccccc3o2)CC1. The van der Waals surface area contributed by atoms with Gasteiger partial charge in [0.1, 0.15) is 5.52 Å². The van der Waals surface area contributed by atoms with Gasteiger partial charge in [0, 0.05) is 44.3 Å². The molecule has 1 aromatic heterocycles. The molecule has 1 N–H and O–H groups in total. The summed E-state index contributed by atoms with van der Waals surface area (Å²) in [6.45, 7) is 6.28. The van der Waals surface area contributed by atoms with Crippen molar-refractivity contribution in [3.05, 3.63) is 54.1 Å². The number of amides is 1. The molecule has 0 spiro atoms. The van der Waals surface area contributed by atoms with E-state index in [4.69, 9.17) is 9.15 Å². The van der Waals surface area contributed by atoms with Gasteiger partial charge >= 0.3 is 0 Å². The van der Waals surface area contributed by atoms with Crippen LogP contribution in [0.25, 0.3) is 11.1 Å². The largest absolute Gasteiger partial charge is 0.423 e. The minimum atomic E-state index is 0.0108. The molecule has 2 saturated heterocycles. The highest BCUT2D eigenvalue weighted by Gasteiger charge is 2.27. The van der Waals surface area contributed by atoms with E-state index in [1.807, 2.05) is 36.4 Å². The average molecular weight is 435 g/mol. The van der Waals surface area contributed by atoms with Crippen molar-refractivity contribution in [3.63, 3.8) is 0 Å². The second kappa shape index (κ2) is 9.71. The summed E-state index contributed by atoms with van der Waals surface area (Å²) in [5.41, 5.74) is 3.83. The third-order valence-corrected chi connectivity index (χ3v) is 6.46. The summed E-state index contributed by atoms with van der Waals surface area (Å²) in [6.07, 6.45) is 2.60. The Morgan fingerprint density at radius 3 is 2.50 bits per heavy atom. The van der Waals surface area contributed by atoms with Crippen molar-refractivity contribution in [1.82, 2.24) is 9.88 Å². The maximum absolute atomic E-state index is 12.8. The number of aromatic nitrogens is 1. The van der Waals surface area contributed by atoms with Crippen LogP contribution in [0.15, 0.2) is 52.9 Å². The van der Waals surface area contributed by atoms with Crippen molar-refractivity contribution >= 4 is 28.7 Å². The maximum Gasteiger partial charge on any atom is 0.298 e. The number of para-hydroxylation sites is 2. The number of carbonyl (C=O) groups is 1. The van der Waals surface area contributed by atoms with E-state index in [2.05, 4.69) is 32.2 Å². The van der Waals surface area contributed by atoms with Crippen molar-refractivity contribution in [2.45, 2.75) is 19.3 Å². The molecule has 2 aliphatic heterocycles. The molecule has 0 atom stereocenters. The quantitative estimate of drug-likeness (QED) is 0.640. The van der Waals surface area contributed by atoms with Crippen molar-refractivity contribution in [2.75, 3.05) is 56.2 Å². The molecule has 2 aromatic carbocycles. The first kappa shape index (κ1) is 21.0. The molecule has 0 saturated carbocycles. The van der Waals surface area contributed by atoms with Gasteiger partial charge < -0.3 is 19.4 Å². The zero-order valence-electron chi connectivity index (χ0n) is 18.3. The van der Waals surface area contributed by atoms with E-state index >= 15 is 0 Å². The second-order valence-electron chi connectivity index (χ2n) is 8.62. The lowest BCUT2D eigenvalue weighted by Crippen LogP contribution is -2.38. The average Bonchev–Trinajstić information content (AvgIpc) is 3.29. The number of carbonyl (C=O) groups excluding carboxylic acids is 1. The lowest BCUT2D eigenvalue weighted by molar-refractivity contribution is -0.120. The summed E-state index contributed by atoms with van der Waals surface area (Å²) >= 11 is 0. The number of piperidine rings is 1. The number of nitrogens with one attached hydrogen (secondary N) is 1. The molecule has 3 aromatic rings. The molecule has 7 heteroatoms. The molecule has 0 aliphatic carbocycles. The van der Waals surface area contributed by atoms with Crippen LogP contribution in [0.2, 0.25) is 0 Å². The normalized spacial score (nSPS) is 18.2. The fourth-order valence-corrected chi connectivity index (χ4v) is 4.44. The Hall–Kier alpha value is -2.90. The van der Waals surface area contributed by atoms with Crippen LogP contribution in [0.3, 0.4) is 0 Å². The molecule has 2 fully saturated rings. The Labute approximate surface area is 188 Å². The topological polar surface area (TPSA) is 70.8 Å². The van der Waals surface area contributed by atoms with Gasteiger partial charge in [-0.15, -0.1) is 0 Å². The molecule has 3 heterocycles. The first-order valence-corrected chi connectivity index (χ1v) is 11.5. The van der Waals surface area contributed by atoms with Crippen LogP contribution in [0.1, 0.15) is 18.4 Å². The number of anilines is 2. The van der Waals surface area contributed by atoms with Gasteiger partial charge in [-0.3, -0.25) is 9.69 Å². The van der Waals surface area contributed by atoms with Crippen molar-refractivity contribution in [2.24, 2.45) is 5.92 Å². The van der Waals surface area contributed by atoms with Crippen LogP contribution >= 0.6 is 0 Å². The van der Waals surface area contributed by atoms with Crippen LogP contribution < -0.4 is 10.2 Å². The number of oxazole rings is 1. The smallest absolute Gasteiger partial charge is 0.298 e. The Balaban J connectivity index is 1.09. The summed E-state index contributed by atoms with van der Waals surface area (Å²) in [7, 11) is 0. The Morgan fingerprint density at radius 2 is 1.75 bits per heavy atom. The van der Waals surface area contributed by atoms with Gasteiger partial charge in [0.05, 0.1) is 13.2 Å². The lowest BCUT2D eigenvalue weighted by Gasteiger charge is -2.30. The Morgan fingerprint density at radius 1 is 1.00 bits per heavy atom. The van der Waals surface area contributed by atoms with Crippen LogP contribution in [-0.2, 0) is 16.0 Å². The van der Waals surface area contributed by atoms with Crippen molar-refractivity contribution in [3.8, 4) is 0 Å². The molecular formula is C25H30N4O3. The predicted molar refractivity (Wildman–Crippen MR) is 125 cm³/mol. The van der Waals surface area contributed by atoms with Gasteiger partial charge in [0.15, 0.2) is 5.58 Å². The molecule has 0 radical (unpaired) electrons. The van der Waals surface area contributed by atoms with Gasteiger partial charge in [-0.05, 0) is 49.1 Å². The highest BCUT2D eigenvalue weighted by Crippen LogP contribution is 2.27. The molecule has 2 aliphatic rings. The number of fused-ring (bicyclic) bond motifs is 1. The van der Waals surface area contributed by atoms with E-state index in [1.54, 1.807) is 0 Å². The minimum Gasteiger partial charge on any atom is -0.423 e. The Bertz CT molecular complexity index is 1000. The molecule has 5 rings (SSSR count). The lowest BCUT2D eigenvalue weighted by atomic mass is 9.96. The van der Waals surface area contributed by atoms with Gasteiger partial charge in [-0.1, -0.05) is 24.3 Å². The zero-order chi connectivity index (χ0) is 21.8. The van der Waals surface area contributed by atoms with E-state index in [0.717, 1.165) is 82.0 Å².